The van der Waals surface area contributed by atoms with Gasteiger partial charge in [-0.15, -0.1) is 0 Å². The van der Waals surface area contributed by atoms with Crippen molar-refractivity contribution in [1.82, 2.24) is 0 Å². The third-order valence-corrected chi connectivity index (χ3v) is 3.76. The molecule has 132 valence electrons. The van der Waals surface area contributed by atoms with Crippen molar-refractivity contribution in [3.05, 3.63) is 23.2 Å². The highest BCUT2D eigenvalue weighted by molar-refractivity contribution is 6.31. The van der Waals surface area contributed by atoms with Crippen LogP contribution in [0.5, 0.6) is 5.75 Å². The molecule has 1 atom stereocenters. The number of nitrogens with one attached hydrogen (secondary N) is 1. The predicted molar refractivity (Wildman–Crippen MR) is 90.4 cm³/mol. The SMILES string of the molecule is CCOC(=O)CCC(=O)Nc1cc(Cl)ccc1OCC1CCCO1. The van der Waals surface area contributed by atoms with E-state index in [2.05, 4.69) is 5.32 Å². The fraction of sp³-hybridized carbons (Fsp3) is 0.529. The van der Waals surface area contributed by atoms with Crippen molar-refractivity contribution in [2.45, 2.75) is 38.7 Å². The molecule has 0 bridgehead atoms. The van der Waals surface area contributed by atoms with Crippen molar-refractivity contribution >= 4 is 29.2 Å². The van der Waals surface area contributed by atoms with Crippen LogP contribution in [-0.4, -0.2) is 37.8 Å². The van der Waals surface area contributed by atoms with Crippen molar-refractivity contribution in [2.24, 2.45) is 0 Å². The Morgan fingerprint density at radius 2 is 2.21 bits per heavy atom. The molecule has 0 saturated carbocycles. The van der Waals surface area contributed by atoms with Crippen LogP contribution in [0.1, 0.15) is 32.6 Å². The maximum Gasteiger partial charge on any atom is 0.306 e. The van der Waals surface area contributed by atoms with Crippen molar-refractivity contribution < 1.29 is 23.8 Å². The minimum atomic E-state index is -0.395. The second kappa shape index (κ2) is 9.49. The van der Waals surface area contributed by atoms with Crippen molar-refractivity contribution in [2.75, 3.05) is 25.1 Å². The number of anilines is 1. The van der Waals surface area contributed by atoms with Gasteiger partial charge in [-0.1, -0.05) is 11.6 Å². The van der Waals surface area contributed by atoms with E-state index in [1.54, 1.807) is 25.1 Å². The van der Waals surface area contributed by atoms with Gasteiger partial charge in [0.15, 0.2) is 0 Å². The number of ether oxygens (including phenoxy) is 3. The van der Waals surface area contributed by atoms with E-state index < -0.39 is 5.97 Å². The van der Waals surface area contributed by atoms with E-state index in [-0.39, 0.29) is 24.9 Å². The summed E-state index contributed by atoms with van der Waals surface area (Å²) in [7, 11) is 0. The highest BCUT2D eigenvalue weighted by Crippen LogP contribution is 2.29. The Labute approximate surface area is 146 Å². The number of rotatable bonds is 8. The molecule has 1 fully saturated rings. The zero-order valence-corrected chi connectivity index (χ0v) is 14.4. The molecule has 1 amide bonds. The quantitative estimate of drug-likeness (QED) is 0.725. The summed E-state index contributed by atoms with van der Waals surface area (Å²) in [6.07, 6.45) is 2.15. The Balaban J connectivity index is 1.90. The number of carbonyl (C=O) groups is 2. The number of hydrogen-bond acceptors (Lipinski definition) is 5. The summed E-state index contributed by atoms with van der Waals surface area (Å²) in [5.41, 5.74) is 0.481. The zero-order chi connectivity index (χ0) is 17.4. The van der Waals surface area contributed by atoms with E-state index in [1.165, 1.54) is 0 Å². The highest BCUT2D eigenvalue weighted by Gasteiger charge is 2.17. The molecule has 0 aliphatic carbocycles. The van der Waals surface area contributed by atoms with Crippen LogP contribution in [0.2, 0.25) is 5.02 Å². The van der Waals surface area contributed by atoms with Crippen LogP contribution in [-0.2, 0) is 19.1 Å². The fourth-order valence-electron chi connectivity index (χ4n) is 2.35. The van der Waals surface area contributed by atoms with E-state index in [0.717, 1.165) is 19.4 Å². The lowest BCUT2D eigenvalue weighted by Gasteiger charge is -2.15. The molecule has 1 N–H and O–H groups in total. The smallest absolute Gasteiger partial charge is 0.306 e. The molecule has 7 heteroatoms. The summed E-state index contributed by atoms with van der Waals surface area (Å²) in [6.45, 7) is 3.21. The van der Waals surface area contributed by atoms with Crippen LogP contribution in [0, 0.1) is 0 Å². The second-order valence-corrected chi connectivity index (χ2v) is 5.88. The number of amides is 1. The number of hydrogen-bond donors (Lipinski definition) is 1. The topological polar surface area (TPSA) is 73.9 Å². The van der Waals surface area contributed by atoms with E-state index in [0.29, 0.717) is 29.7 Å². The first-order valence-corrected chi connectivity index (χ1v) is 8.45. The Morgan fingerprint density at radius 3 is 2.92 bits per heavy atom. The van der Waals surface area contributed by atoms with Gasteiger partial charge in [0.2, 0.25) is 5.91 Å². The Bertz CT molecular complexity index is 572. The van der Waals surface area contributed by atoms with Crippen LogP contribution in [0.25, 0.3) is 0 Å². The third kappa shape index (κ3) is 6.02. The van der Waals surface area contributed by atoms with Crippen LogP contribution in [0.3, 0.4) is 0 Å². The lowest BCUT2D eigenvalue weighted by molar-refractivity contribution is -0.144. The Kier molecular flexibility index (Phi) is 7.34. The number of benzene rings is 1. The van der Waals surface area contributed by atoms with Crippen molar-refractivity contribution in [3.63, 3.8) is 0 Å². The molecule has 1 heterocycles. The molecular formula is C17H22ClNO5. The van der Waals surface area contributed by atoms with Crippen LogP contribution in [0.15, 0.2) is 18.2 Å². The van der Waals surface area contributed by atoms with Crippen LogP contribution in [0.4, 0.5) is 5.69 Å². The molecule has 0 radical (unpaired) electrons. The summed E-state index contributed by atoms with van der Waals surface area (Å²) in [5.74, 6) is -0.166. The summed E-state index contributed by atoms with van der Waals surface area (Å²) in [5, 5.41) is 3.21. The van der Waals surface area contributed by atoms with E-state index in [9.17, 15) is 9.59 Å². The first-order valence-electron chi connectivity index (χ1n) is 8.08. The van der Waals surface area contributed by atoms with Gasteiger partial charge in [-0.3, -0.25) is 9.59 Å². The molecule has 1 aliphatic heterocycles. The number of esters is 1. The molecular weight excluding hydrogens is 334 g/mol. The Morgan fingerprint density at radius 1 is 1.38 bits per heavy atom. The molecule has 0 spiro atoms. The predicted octanol–water partition coefficient (Wildman–Crippen LogP) is 3.18. The monoisotopic (exact) mass is 355 g/mol. The van der Waals surface area contributed by atoms with Gasteiger partial charge in [-0.2, -0.15) is 0 Å². The van der Waals surface area contributed by atoms with Gasteiger partial charge < -0.3 is 19.5 Å². The highest BCUT2D eigenvalue weighted by atomic mass is 35.5. The average Bonchev–Trinajstić information content (AvgIpc) is 3.06. The molecule has 2 rings (SSSR count). The molecule has 24 heavy (non-hydrogen) atoms. The van der Waals surface area contributed by atoms with Gasteiger partial charge >= 0.3 is 5.97 Å². The molecule has 1 aromatic carbocycles. The normalized spacial score (nSPS) is 16.7. The standard InChI is InChI=1S/C17H22ClNO5/c1-2-22-17(21)8-7-16(20)19-14-10-12(18)5-6-15(14)24-11-13-4-3-9-23-13/h5-6,10,13H,2-4,7-9,11H2,1H3,(H,19,20). The number of carbonyl (C=O) groups excluding carboxylic acids is 2. The maximum absolute atomic E-state index is 12.0. The van der Waals surface area contributed by atoms with Gasteiger partial charge in [0.25, 0.3) is 0 Å². The molecule has 1 aromatic rings. The molecule has 0 aromatic heterocycles. The van der Waals surface area contributed by atoms with Gasteiger partial charge in [0.05, 0.1) is 24.8 Å². The minimum absolute atomic E-state index is 0.0341. The first kappa shape index (κ1) is 18.5. The lowest BCUT2D eigenvalue weighted by atomic mass is 10.2. The fourth-order valence-corrected chi connectivity index (χ4v) is 2.52. The second-order valence-electron chi connectivity index (χ2n) is 5.44. The average molecular weight is 356 g/mol. The van der Waals surface area contributed by atoms with Gasteiger partial charge in [0, 0.05) is 18.1 Å². The minimum Gasteiger partial charge on any atom is -0.489 e. The summed E-state index contributed by atoms with van der Waals surface area (Å²) in [6, 6.07) is 5.02. The largest absolute Gasteiger partial charge is 0.489 e. The van der Waals surface area contributed by atoms with E-state index in [4.69, 9.17) is 25.8 Å². The maximum atomic E-state index is 12.0. The van der Waals surface area contributed by atoms with Gasteiger partial charge in [-0.05, 0) is 38.0 Å². The van der Waals surface area contributed by atoms with Crippen LogP contribution >= 0.6 is 11.6 Å². The molecule has 1 aliphatic rings. The Hall–Kier alpha value is -1.79. The summed E-state index contributed by atoms with van der Waals surface area (Å²) < 4.78 is 16.1. The summed E-state index contributed by atoms with van der Waals surface area (Å²) >= 11 is 5.99. The van der Waals surface area contributed by atoms with E-state index in [1.807, 2.05) is 0 Å². The zero-order valence-electron chi connectivity index (χ0n) is 13.7. The van der Waals surface area contributed by atoms with Gasteiger partial charge in [-0.25, -0.2) is 0 Å². The van der Waals surface area contributed by atoms with Gasteiger partial charge in [0.1, 0.15) is 12.4 Å². The number of halogens is 1. The lowest BCUT2D eigenvalue weighted by Crippen LogP contribution is -2.18. The van der Waals surface area contributed by atoms with Crippen molar-refractivity contribution in [3.8, 4) is 5.75 Å². The third-order valence-electron chi connectivity index (χ3n) is 3.53. The molecule has 1 saturated heterocycles. The first-order chi connectivity index (χ1) is 11.6. The van der Waals surface area contributed by atoms with Crippen molar-refractivity contribution in [1.29, 1.82) is 0 Å². The molecule has 1 unspecified atom stereocenters. The summed E-state index contributed by atoms with van der Waals surface area (Å²) in [4.78, 5) is 23.3. The molecule has 6 nitrogen and oxygen atoms in total. The van der Waals surface area contributed by atoms with E-state index >= 15 is 0 Å². The van der Waals surface area contributed by atoms with Crippen LogP contribution < -0.4 is 10.1 Å².